The van der Waals surface area contributed by atoms with E-state index in [1.165, 1.54) is 6.07 Å². The van der Waals surface area contributed by atoms with E-state index >= 15 is 0 Å². The highest BCUT2D eigenvalue weighted by Gasteiger charge is 2.10. The molecule has 2 aromatic rings. The van der Waals surface area contributed by atoms with Crippen molar-refractivity contribution in [3.05, 3.63) is 70.5 Å². The molecule has 0 spiro atoms. The summed E-state index contributed by atoms with van der Waals surface area (Å²) in [6, 6.07) is 13.9. The third-order valence-corrected chi connectivity index (χ3v) is 3.17. The lowest BCUT2D eigenvalue weighted by Gasteiger charge is -2.17. The van der Waals surface area contributed by atoms with Crippen LogP contribution in [0.4, 0.5) is 4.39 Å². The predicted molar refractivity (Wildman–Crippen MR) is 74.5 cm³/mol. The Morgan fingerprint density at radius 3 is 2.53 bits per heavy atom. The Morgan fingerprint density at radius 1 is 1.16 bits per heavy atom. The molecular weight excluding hydrogens is 265 g/mol. The smallest absolute Gasteiger partial charge is 0.129 e. The van der Waals surface area contributed by atoms with Crippen molar-refractivity contribution in [2.75, 3.05) is 6.61 Å². The highest BCUT2D eigenvalue weighted by Crippen LogP contribution is 2.17. The maximum Gasteiger partial charge on any atom is 0.129 e. The molecule has 0 saturated heterocycles. The molecule has 2 rings (SSSR count). The van der Waals surface area contributed by atoms with Crippen LogP contribution in [0.3, 0.4) is 0 Å². The topological polar surface area (TPSA) is 32.3 Å². The van der Waals surface area contributed by atoms with Crippen LogP contribution in [0.1, 0.15) is 17.2 Å². The molecule has 0 saturated carbocycles. The van der Waals surface area contributed by atoms with E-state index in [2.05, 4.69) is 5.32 Å². The van der Waals surface area contributed by atoms with E-state index in [1.54, 1.807) is 12.1 Å². The maximum atomic E-state index is 13.6. The molecule has 2 N–H and O–H groups in total. The molecule has 4 heteroatoms. The van der Waals surface area contributed by atoms with Crippen LogP contribution in [0.15, 0.2) is 48.5 Å². The molecule has 0 bridgehead atoms. The second-order valence-electron chi connectivity index (χ2n) is 4.26. The van der Waals surface area contributed by atoms with E-state index < -0.39 is 0 Å². The summed E-state index contributed by atoms with van der Waals surface area (Å²) in [5, 5.41) is 12.9. The Morgan fingerprint density at radius 2 is 1.89 bits per heavy atom. The van der Waals surface area contributed by atoms with E-state index in [9.17, 15) is 9.50 Å². The first kappa shape index (κ1) is 14.0. The van der Waals surface area contributed by atoms with Gasteiger partial charge < -0.3 is 10.4 Å². The van der Waals surface area contributed by atoms with Gasteiger partial charge in [-0.1, -0.05) is 48.0 Å². The SMILES string of the molecule is OCC(NCc1ccc(Cl)cc1F)c1ccccc1. The zero-order chi connectivity index (χ0) is 13.7. The van der Waals surface area contributed by atoms with Gasteiger partial charge in [-0.2, -0.15) is 0 Å². The number of rotatable bonds is 5. The zero-order valence-electron chi connectivity index (χ0n) is 10.3. The fraction of sp³-hybridized carbons (Fsp3) is 0.200. The van der Waals surface area contributed by atoms with E-state index in [1.807, 2.05) is 30.3 Å². The van der Waals surface area contributed by atoms with Crippen LogP contribution in [-0.4, -0.2) is 11.7 Å². The van der Waals surface area contributed by atoms with Gasteiger partial charge in [-0.3, -0.25) is 0 Å². The molecule has 0 aromatic heterocycles. The van der Waals surface area contributed by atoms with Gasteiger partial charge in [-0.15, -0.1) is 0 Å². The molecule has 2 aromatic carbocycles. The lowest BCUT2D eigenvalue weighted by Crippen LogP contribution is -2.24. The van der Waals surface area contributed by atoms with Crippen LogP contribution in [0.25, 0.3) is 0 Å². The summed E-state index contributed by atoms with van der Waals surface area (Å²) in [4.78, 5) is 0. The minimum absolute atomic E-state index is 0.0424. The third kappa shape index (κ3) is 3.77. The number of benzene rings is 2. The van der Waals surface area contributed by atoms with Gasteiger partial charge in [0.05, 0.1) is 12.6 Å². The van der Waals surface area contributed by atoms with Crippen LogP contribution in [0, 0.1) is 5.82 Å². The first-order chi connectivity index (χ1) is 9.20. The normalized spacial score (nSPS) is 12.4. The summed E-state index contributed by atoms with van der Waals surface area (Å²) in [6.45, 7) is 0.294. The first-order valence-electron chi connectivity index (χ1n) is 6.04. The number of hydrogen-bond acceptors (Lipinski definition) is 2. The van der Waals surface area contributed by atoms with Gasteiger partial charge in [-0.25, -0.2) is 4.39 Å². The van der Waals surface area contributed by atoms with Crippen LogP contribution >= 0.6 is 11.6 Å². The Kier molecular flexibility index (Phi) is 4.91. The highest BCUT2D eigenvalue weighted by molar-refractivity contribution is 6.30. The summed E-state index contributed by atoms with van der Waals surface area (Å²) >= 11 is 5.70. The first-order valence-corrected chi connectivity index (χ1v) is 6.41. The monoisotopic (exact) mass is 279 g/mol. The largest absolute Gasteiger partial charge is 0.394 e. The quantitative estimate of drug-likeness (QED) is 0.880. The van der Waals surface area contributed by atoms with E-state index in [4.69, 9.17) is 11.6 Å². The molecular formula is C15H15ClFNO. The Labute approximate surface area is 116 Å². The highest BCUT2D eigenvalue weighted by atomic mass is 35.5. The molecule has 0 heterocycles. The van der Waals surface area contributed by atoms with Crippen LogP contribution in [-0.2, 0) is 6.54 Å². The minimum atomic E-state index is -0.343. The lowest BCUT2D eigenvalue weighted by atomic mass is 10.1. The summed E-state index contributed by atoms with van der Waals surface area (Å²) in [5.74, 6) is -0.343. The number of halogens is 2. The molecule has 0 aliphatic carbocycles. The summed E-state index contributed by atoms with van der Waals surface area (Å²) in [6.07, 6.45) is 0. The maximum absolute atomic E-state index is 13.6. The van der Waals surface area contributed by atoms with Gasteiger partial charge in [0, 0.05) is 17.1 Å². The van der Waals surface area contributed by atoms with Crippen molar-refractivity contribution in [2.45, 2.75) is 12.6 Å². The average molecular weight is 280 g/mol. The molecule has 0 fully saturated rings. The van der Waals surface area contributed by atoms with Crippen molar-refractivity contribution in [3.8, 4) is 0 Å². The second-order valence-corrected chi connectivity index (χ2v) is 4.70. The van der Waals surface area contributed by atoms with Gasteiger partial charge in [0.15, 0.2) is 0 Å². The summed E-state index contributed by atoms with van der Waals surface area (Å²) in [7, 11) is 0. The van der Waals surface area contributed by atoms with Crippen molar-refractivity contribution >= 4 is 11.6 Å². The Balaban J connectivity index is 2.04. The van der Waals surface area contributed by atoms with Crippen molar-refractivity contribution in [1.82, 2.24) is 5.32 Å². The van der Waals surface area contributed by atoms with Gasteiger partial charge in [0.25, 0.3) is 0 Å². The molecule has 100 valence electrons. The number of hydrogen-bond donors (Lipinski definition) is 2. The van der Waals surface area contributed by atoms with Gasteiger partial charge in [-0.05, 0) is 17.7 Å². The fourth-order valence-corrected chi connectivity index (χ4v) is 2.03. The van der Waals surface area contributed by atoms with Crippen molar-refractivity contribution < 1.29 is 9.50 Å². The van der Waals surface area contributed by atoms with Crippen molar-refractivity contribution in [1.29, 1.82) is 0 Å². The minimum Gasteiger partial charge on any atom is -0.394 e. The van der Waals surface area contributed by atoms with Crippen molar-refractivity contribution in [2.24, 2.45) is 0 Å². The average Bonchev–Trinajstić information content (AvgIpc) is 2.43. The molecule has 1 atom stereocenters. The van der Waals surface area contributed by atoms with E-state index in [-0.39, 0.29) is 18.5 Å². The molecule has 0 amide bonds. The third-order valence-electron chi connectivity index (χ3n) is 2.94. The van der Waals surface area contributed by atoms with Crippen molar-refractivity contribution in [3.63, 3.8) is 0 Å². The van der Waals surface area contributed by atoms with E-state index in [0.29, 0.717) is 17.1 Å². The lowest BCUT2D eigenvalue weighted by molar-refractivity contribution is 0.243. The van der Waals surface area contributed by atoms with Crippen LogP contribution < -0.4 is 5.32 Å². The van der Waals surface area contributed by atoms with Gasteiger partial charge >= 0.3 is 0 Å². The van der Waals surface area contributed by atoms with Crippen LogP contribution in [0.2, 0.25) is 5.02 Å². The molecule has 0 aliphatic heterocycles. The van der Waals surface area contributed by atoms with Crippen LogP contribution in [0.5, 0.6) is 0 Å². The van der Waals surface area contributed by atoms with Gasteiger partial charge in [0.2, 0.25) is 0 Å². The number of aliphatic hydroxyl groups excluding tert-OH is 1. The number of aliphatic hydroxyl groups is 1. The Bertz CT molecular complexity index is 533. The molecule has 0 aliphatic rings. The molecule has 19 heavy (non-hydrogen) atoms. The summed E-state index contributed by atoms with van der Waals surface area (Å²) < 4.78 is 13.6. The standard InChI is InChI=1S/C15H15ClFNO/c16-13-7-6-12(14(17)8-13)9-18-15(10-19)11-4-2-1-3-5-11/h1-8,15,18-19H,9-10H2. The predicted octanol–water partition coefficient (Wildman–Crippen LogP) is 3.30. The fourth-order valence-electron chi connectivity index (χ4n) is 1.87. The second kappa shape index (κ2) is 6.66. The molecule has 2 nitrogen and oxygen atoms in total. The van der Waals surface area contributed by atoms with Gasteiger partial charge in [0.1, 0.15) is 5.82 Å². The Hall–Kier alpha value is -1.42. The molecule has 0 radical (unpaired) electrons. The molecule has 1 unspecified atom stereocenters. The van der Waals surface area contributed by atoms with E-state index in [0.717, 1.165) is 5.56 Å². The number of nitrogens with one attached hydrogen (secondary N) is 1. The zero-order valence-corrected chi connectivity index (χ0v) is 11.1. The summed E-state index contributed by atoms with van der Waals surface area (Å²) in [5.41, 5.74) is 1.50.